The van der Waals surface area contributed by atoms with E-state index in [0.717, 1.165) is 30.3 Å². The van der Waals surface area contributed by atoms with Gasteiger partial charge in [-0.1, -0.05) is 84.4 Å². The molecule has 3 rings (SSSR count). The topological polar surface area (TPSA) is 90.0 Å². The van der Waals surface area contributed by atoms with E-state index in [2.05, 4.69) is 21.2 Å². The molecule has 0 saturated heterocycles. The van der Waals surface area contributed by atoms with Gasteiger partial charge in [0.15, 0.2) is 0 Å². The van der Waals surface area contributed by atoms with Crippen LogP contribution in [0.15, 0.2) is 83.3 Å². The van der Waals surface area contributed by atoms with Crippen molar-refractivity contribution in [3.05, 3.63) is 100 Å². The van der Waals surface area contributed by atoms with Crippen LogP contribution in [0.5, 0.6) is 0 Å². The molecule has 0 saturated carbocycles. The van der Waals surface area contributed by atoms with Crippen molar-refractivity contribution in [2.45, 2.75) is 32.9 Å². The molecule has 0 aliphatic heterocycles. The Morgan fingerprint density at radius 2 is 1.56 bits per heavy atom. The summed E-state index contributed by atoms with van der Waals surface area (Å²) in [6, 6.07) is 21.0. The number of hydrogen-bond donors (Lipinski definition) is 1. The molecule has 3 aromatic carbocycles. The van der Waals surface area contributed by atoms with Crippen LogP contribution in [0.4, 0.5) is 10.1 Å². The summed E-state index contributed by atoms with van der Waals surface area (Å²) < 4.78 is 44.0. The largest absolute Gasteiger partial charge is 0.354 e. The number of benzene rings is 3. The van der Waals surface area contributed by atoms with Crippen molar-refractivity contribution in [3.63, 3.8) is 0 Å². The average molecular weight is 648 g/mol. The van der Waals surface area contributed by atoms with E-state index >= 15 is 0 Å². The lowest BCUT2D eigenvalue weighted by Gasteiger charge is -2.34. The van der Waals surface area contributed by atoms with Gasteiger partial charge in [0.25, 0.3) is 0 Å². The fourth-order valence-corrected chi connectivity index (χ4v) is 5.68. The lowest BCUT2D eigenvalue weighted by molar-refractivity contribution is -0.140. The van der Waals surface area contributed by atoms with Crippen LogP contribution in [0.25, 0.3) is 0 Å². The number of carbonyl (C=O) groups is 2. The zero-order valence-corrected chi connectivity index (χ0v) is 26.0. The van der Waals surface area contributed by atoms with Crippen molar-refractivity contribution in [2.24, 2.45) is 5.92 Å². The van der Waals surface area contributed by atoms with E-state index in [-0.39, 0.29) is 30.5 Å². The second-order valence-electron chi connectivity index (χ2n) is 10.2. The van der Waals surface area contributed by atoms with Gasteiger partial charge in [-0.2, -0.15) is 12.7 Å². The lowest BCUT2D eigenvalue weighted by Crippen LogP contribution is -2.54. The third kappa shape index (κ3) is 8.85. The highest BCUT2D eigenvalue weighted by atomic mass is 79.9. The van der Waals surface area contributed by atoms with Crippen LogP contribution < -0.4 is 9.62 Å². The molecule has 0 aromatic heterocycles. The lowest BCUT2D eigenvalue weighted by atomic mass is 10.0. The summed E-state index contributed by atoms with van der Waals surface area (Å²) in [5.41, 5.74) is 1.30. The maximum Gasteiger partial charge on any atom is 0.304 e. The van der Waals surface area contributed by atoms with Crippen LogP contribution in [0.3, 0.4) is 0 Å². The highest BCUT2D eigenvalue weighted by Gasteiger charge is 2.35. The summed E-state index contributed by atoms with van der Waals surface area (Å²) in [5, 5.41) is 2.94. The molecule has 0 aliphatic carbocycles. The zero-order chi connectivity index (χ0) is 30.2. The van der Waals surface area contributed by atoms with Gasteiger partial charge in [-0.25, -0.2) is 8.70 Å². The van der Waals surface area contributed by atoms with Crippen molar-refractivity contribution < 1.29 is 22.4 Å². The second kappa shape index (κ2) is 14.6. The Morgan fingerprint density at radius 3 is 2.17 bits per heavy atom. The quantitative estimate of drug-likeness (QED) is 0.294. The van der Waals surface area contributed by atoms with Gasteiger partial charge in [-0.05, 0) is 41.3 Å². The van der Waals surface area contributed by atoms with Gasteiger partial charge in [0.05, 0.1) is 5.69 Å². The monoisotopic (exact) mass is 646 g/mol. The number of rotatable bonds is 13. The summed E-state index contributed by atoms with van der Waals surface area (Å²) in [6.07, 6.45) is 0.199. The van der Waals surface area contributed by atoms with E-state index in [9.17, 15) is 22.4 Å². The number of halogens is 2. The van der Waals surface area contributed by atoms with Crippen LogP contribution >= 0.6 is 15.9 Å². The Labute approximate surface area is 250 Å². The minimum atomic E-state index is -4.28. The normalized spacial score (nSPS) is 12.3. The number of anilines is 1. The van der Waals surface area contributed by atoms with E-state index in [1.165, 1.54) is 37.2 Å². The van der Waals surface area contributed by atoms with Crippen LogP contribution in [-0.4, -0.2) is 62.7 Å². The molecule has 0 aliphatic rings. The van der Waals surface area contributed by atoms with E-state index in [0.29, 0.717) is 6.54 Å². The van der Waals surface area contributed by atoms with E-state index in [1.807, 2.05) is 68.4 Å². The maximum atomic E-state index is 14.9. The molecule has 8 nitrogen and oxygen atoms in total. The minimum absolute atomic E-state index is 0.0258. The van der Waals surface area contributed by atoms with Crippen LogP contribution in [0, 0.1) is 11.7 Å². The number of para-hydroxylation sites is 1. The van der Waals surface area contributed by atoms with E-state index in [1.54, 1.807) is 0 Å². The predicted molar refractivity (Wildman–Crippen MR) is 163 cm³/mol. The third-order valence-electron chi connectivity index (χ3n) is 6.34. The molecule has 3 aromatic rings. The molecule has 0 spiro atoms. The van der Waals surface area contributed by atoms with E-state index in [4.69, 9.17) is 0 Å². The molecule has 1 N–H and O–H groups in total. The molecule has 0 bridgehead atoms. The fraction of sp³-hybridized carbons (Fsp3) is 0.333. The Kier molecular flexibility index (Phi) is 11.5. The average Bonchev–Trinajstić information content (AvgIpc) is 2.93. The van der Waals surface area contributed by atoms with Crippen molar-refractivity contribution in [3.8, 4) is 0 Å². The number of hydrogen-bond acceptors (Lipinski definition) is 4. The Morgan fingerprint density at radius 1 is 0.927 bits per heavy atom. The number of amides is 2. The van der Waals surface area contributed by atoms with Gasteiger partial charge in [0, 0.05) is 38.1 Å². The van der Waals surface area contributed by atoms with Gasteiger partial charge in [-0.3, -0.25) is 9.59 Å². The SMILES string of the molecule is CC(C)CNC(=O)[C@@H](Cc1ccccc1)N(Cc1cccc(Br)c1)C(=O)CN(c1ccccc1F)S(=O)(=O)N(C)C. The van der Waals surface area contributed by atoms with E-state index < -0.39 is 34.5 Å². The highest BCUT2D eigenvalue weighted by Crippen LogP contribution is 2.25. The standard InChI is InChI=1S/C30H36BrFN4O4S/c1-22(2)19-33-30(38)28(18-23-11-6-5-7-12-23)35(20-24-13-10-14-25(31)17-24)29(37)21-36(41(39,40)34(3)4)27-16-9-8-15-26(27)32/h5-17,22,28H,18-21H2,1-4H3,(H,33,38)/t28-/m1/s1. The van der Waals surface area contributed by atoms with Gasteiger partial charge >= 0.3 is 10.2 Å². The first-order valence-corrected chi connectivity index (χ1v) is 15.4. The summed E-state index contributed by atoms with van der Waals surface area (Å²) >= 11 is 3.45. The van der Waals surface area contributed by atoms with Crippen LogP contribution in [0.1, 0.15) is 25.0 Å². The van der Waals surface area contributed by atoms with Crippen molar-refractivity contribution in [1.29, 1.82) is 0 Å². The zero-order valence-electron chi connectivity index (χ0n) is 23.6. The predicted octanol–water partition coefficient (Wildman–Crippen LogP) is 4.61. The molecule has 0 fully saturated rings. The molecular formula is C30H36BrFN4O4S. The summed E-state index contributed by atoms with van der Waals surface area (Å²) in [6.45, 7) is 3.65. The Bertz CT molecular complexity index is 1440. The van der Waals surface area contributed by atoms with Gasteiger partial charge < -0.3 is 10.2 Å². The smallest absolute Gasteiger partial charge is 0.304 e. The molecule has 220 valence electrons. The van der Waals surface area contributed by atoms with Crippen LogP contribution in [-0.2, 0) is 32.8 Å². The van der Waals surface area contributed by atoms with Crippen LogP contribution in [0.2, 0.25) is 0 Å². The molecule has 2 amide bonds. The molecule has 41 heavy (non-hydrogen) atoms. The summed E-state index contributed by atoms with van der Waals surface area (Å²) in [4.78, 5) is 29.2. The fourth-order valence-electron chi connectivity index (χ4n) is 4.16. The Balaban J connectivity index is 2.10. The molecule has 11 heteroatoms. The Hall–Kier alpha value is -3.28. The second-order valence-corrected chi connectivity index (χ2v) is 13.2. The number of carbonyl (C=O) groups excluding carboxylic acids is 2. The first-order chi connectivity index (χ1) is 19.4. The van der Waals surface area contributed by atoms with Crippen molar-refractivity contribution in [2.75, 3.05) is 31.5 Å². The molecular weight excluding hydrogens is 611 g/mol. The molecule has 0 heterocycles. The highest BCUT2D eigenvalue weighted by molar-refractivity contribution is 9.10. The van der Waals surface area contributed by atoms with Crippen molar-refractivity contribution in [1.82, 2.24) is 14.5 Å². The first-order valence-electron chi connectivity index (χ1n) is 13.2. The summed E-state index contributed by atoms with van der Waals surface area (Å²) in [7, 11) is -1.66. The third-order valence-corrected chi connectivity index (χ3v) is 8.64. The summed E-state index contributed by atoms with van der Waals surface area (Å²) in [5.74, 6) is -1.63. The molecule has 0 radical (unpaired) electrons. The van der Waals surface area contributed by atoms with Crippen molar-refractivity contribution >= 4 is 43.6 Å². The number of nitrogens with one attached hydrogen (secondary N) is 1. The van der Waals surface area contributed by atoms with Gasteiger partial charge in [0.1, 0.15) is 18.4 Å². The van der Waals surface area contributed by atoms with Gasteiger partial charge in [-0.15, -0.1) is 0 Å². The minimum Gasteiger partial charge on any atom is -0.354 e. The molecule has 1 atom stereocenters. The first kappa shape index (κ1) is 32.2. The maximum absolute atomic E-state index is 14.9. The number of nitrogens with zero attached hydrogens (tertiary/aromatic N) is 3. The van der Waals surface area contributed by atoms with Gasteiger partial charge in [0.2, 0.25) is 11.8 Å². The molecule has 0 unspecified atom stereocenters.